The molecule has 1 N–H and O–H groups in total. The van der Waals surface area contributed by atoms with Crippen molar-refractivity contribution in [1.82, 2.24) is 0 Å². The molecular formula is C12H18O2. The third-order valence-corrected chi connectivity index (χ3v) is 2.95. The number of carboxylic acids is 1. The minimum atomic E-state index is -0.767. The number of carboxylic acid groups (broad SMARTS) is 1. The van der Waals surface area contributed by atoms with E-state index in [9.17, 15) is 4.79 Å². The molecule has 0 aromatic carbocycles. The molecular weight excluding hydrogens is 176 g/mol. The molecule has 1 atom stereocenters. The first-order valence-corrected chi connectivity index (χ1v) is 5.24. The molecule has 0 aromatic rings. The Morgan fingerprint density at radius 3 is 2.64 bits per heavy atom. The number of rotatable bonds is 3. The summed E-state index contributed by atoms with van der Waals surface area (Å²) >= 11 is 0. The number of hydrogen-bond acceptors (Lipinski definition) is 1. The number of hydrogen-bond donors (Lipinski definition) is 1. The van der Waals surface area contributed by atoms with Gasteiger partial charge in [0, 0.05) is 5.57 Å². The van der Waals surface area contributed by atoms with Crippen molar-refractivity contribution < 1.29 is 9.90 Å². The van der Waals surface area contributed by atoms with Crippen molar-refractivity contribution >= 4 is 5.97 Å². The second kappa shape index (κ2) is 4.99. The van der Waals surface area contributed by atoms with Gasteiger partial charge in [0.15, 0.2) is 0 Å². The second-order valence-corrected chi connectivity index (χ2v) is 3.79. The lowest BCUT2D eigenvalue weighted by Crippen LogP contribution is -2.11. The molecule has 0 spiro atoms. The minimum absolute atomic E-state index is 0.459. The highest BCUT2D eigenvalue weighted by Gasteiger charge is 2.18. The van der Waals surface area contributed by atoms with Crippen molar-refractivity contribution in [2.24, 2.45) is 5.92 Å². The summed E-state index contributed by atoms with van der Waals surface area (Å²) in [6.45, 7) is 3.76. The zero-order chi connectivity index (χ0) is 10.6. The van der Waals surface area contributed by atoms with Crippen molar-refractivity contribution in [3.05, 3.63) is 23.3 Å². The van der Waals surface area contributed by atoms with Crippen molar-refractivity contribution in [3.8, 4) is 0 Å². The lowest BCUT2D eigenvalue weighted by molar-refractivity contribution is -0.132. The Hall–Kier alpha value is -1.05. The first kappa shape index (κ1) is 11.0. The predicted octanol–water partition coefficient (Wildman–Crippen LogP) is 3.15. The topological polar surface area (TPSA) is 37.3 Å². The SMILES string of the molecule is CCC(=C(C)C(=O)O)C1CC=CCC1. The lowest BCUT2D eigenvalue weighted by atomic mass is 9.84. The van der Waals surface area contributed by atoms with Gasteiger partial charge in [0.2, 0.25) is 0 Å². The van der Waals surface area contributed by atoms with Gasteiger partial charge in [-0.3, -0.25) is 0 Å². The van der Waals surface area contributed by atoms with Crippen LogP contribution in [0.25, 0.3) is 0 Å². The molecule has 0 amide bonds. The zero-order valence-corrected chi connectivity index (χ0v) is 8.92. The summed E-state index contributed by atoms with van der Waals surface area (Å²) in [6.07, 6.45) is 8.40. The van der Waals surface area contributed by atoms with Gasteiger partial charge in [0.05, 0.1) is 0 Å². The highest BCUT2D eigenvalue weighted by Crippen LogP contribution is 2.29. The van der Waals surface area contributed by atoms with Crippen LogP contribution in [-0.2, 0) is 4.79 Å². The average molecular weight is 194 g/mol. The first-order valence-electron chi connectivity index (χ1n) is 5.24. The van der Waals surface area contributed by atoms with Gasteiger partial charge in [0.1, 0.15) is 0 Å². The first-order chi connectivity index (χ1) is 6.66. The van der Waals surface area contributed by atoms with Crippen molar-refractivity contribution in [3.63, 3.8) is 0 Å². The van der Waals surface area contributed by atoms with Crippen LogP contribution < -0.4 is 0 Å². The van der Waals surface area contributed by atoms with Crippen LogP contribution in [0.2, 0.25) is 0 Å². The van der Waals surface area contributed by atoms with Gasteiger partial charge in [-0.2, -0.15) is 0 Å². The molecule has 14 heavy (non-hydrogen) atoms. The summed E-state index contributed by atoms with van der Waals surface area (Å²) in [4.78, 5) is 10.9. The van der Waals surface area contributed by atoms with Crippen LogP contribution in [0.4, 0.5) is 0 Å². The normalized spacial score (nSPS) is 23.1. The highest BCUT2D eigenvalue weighted by molar-refractivity contribution is 5.86. The molecule has 1 aliphatic carbocycles. The van der Waals surface area contributed by atoms with Crippen LogP contribution in [0.5, 0.6) is 0 Å². The van der Waals surface area contributed by atoms with E-state index in [0.717, 1.165) is 31.3 Å². The zero-order valence-electron chi connectivity index (χ0n) is 8.92. The molecule has 0 radical (unpaired) electrons. The van der Waals surface area contributed by atoms with E-state index in [1.54, 1.807) is 6.92 Å². The van der Waals surface area contributed by atoms with E-state index in [-0.39, 0.29) is 0 Å². The molecule has 78 valence electrons. The van der Waals surface area contributed by atoms with Crippen LogP contribution in [0.15, 0.2) is 23.3 Å². The lowest BCUT2D eigenvalue weighted by Gasteiger charge is -2.21. The predicted molar refractivity (Wildman–Crippen MR) is 57.1 cm³/mol. The maximum atomic E-state index is 10.9. The third kappa shape index (κ3) is 2.47. The fourth-order valence-electron chi connectivity index (χ4n) is 2.11. The molecule has 2 heteroatoms. The number of carbonyl (C=O) groups is 1. The molecule has 0 heterocycles. The summed E-state index contributed by atoms with van der Waals surface area (Å²) in [6, 6.07) is 0. The number of aliphatic carboxylic acids is 1. The Morgan fingerprint density at radius 2 is 2.21 bits per heavy atom. The van der Waals surface area contributed by atoms with Gasteiger partial charge in [-0.15, -0.1) is 0 Å². The summed E-state index contributed by atoms with van der Waals surface area (Å²) in [5.74, 6) is -0.308. The van der Waals surface area contributed by atoms with Gasteiger partial charge in [-0.25, -0.2) is 4.79 Å². The molecule has 0 bridgehead atoms. The summed E-state index contributed by atoms with van der Waals surface area (Å²) in [5.41, 5.74) is 1.68. The Kier molecular flexibility index (Phi) is 3.93. The summed E-state index contributed by atoms with van der Waals surface area (Å²) < 4.78 is 0. The minimum Gasteiger partial charge on any atom is -0.478 e. The maximum Gasteiger partial charge on any atom is 0.331 e. The maximum absolute atomic E-state index is 10.9. The Labute approximate surface area is 85.3 Å². The van der Waals surface area contributed by atoms with Gasteiger partial charge in [-0.1, -0.05) is 24.6 Å². The van der Waals surface area contributed by atoms with Crippen molar-refractivity contribution in [2.75, 3.05) is 0 Å². The van der Waals surface area contributed by atoms with Crippen molar-refractivity contribution in [2.45, 2.75) is 39.5 Å². The molecule has 0 saturated carbocycles. The van der Waals surface area contributed by atoms with Gasteiger partial charge < -0.3 is 5.11 Å². The average Bonchev–Trinajstić information content (AvgIpc) is 2.20. The van der Waals surface area contributed by atoms with E-state index >= 15 is 0 Å². The van der Waals surface area contributed by atoms with E-state index in [1.807, 2.05) is 6.92 Å². The molecule has 1 aliphatic rings. The molecule has 0 fully saturated rings. The Bertz CT molecular complexity index is 274. The fourth-order valence-corrected chi connectivity index (χ4v) is 2.11. The van der Waals surface area contributed by atoms with E-state index in [0.29, 0.717) is 11.5 Å². The molecule has 1 unspecified atom stereocenters. The van der Waals surface area contributed by atoms with Crippen LogP contribution in [0, 0.1) is 5.92 Å². The van der Waals surface area contributed by atoms with E-state index < -0.39 is 5.97 Å². The smallest absolute Gasteiger partial charge is 0.331 e. The molecule has 0 saturated heterocycles. The molecule has 2 nitrogen and oxygen atoms in total. The monoisotopic (exact) mass is 194 g/mol. The van der Waals surface area contributed by atoms with Crippen LogP contribution in [0.3, 0.4) is 0 Å². The van der Waals surface area contributed by atoms with E-state index in [4.69, 9.17) is 5.11 Å². The molecule has 0 aliphatic heterocycles. The van der Waals surface area contributed by atoms with E-state index in [1.165, 1.54) is 0 Å². The quantitative estimate of drug-likeness (QED) is 0.553. The van der Waals surface area contributed by atoms with Crippen molar-refractivity contribution in [1.29, 1.82) is 0 Å². The highest BCUT2D eigenvalue weighted by atomic mass is 16.4. The van der Waals surface area contributed by atoms with Gasteiger partial charge in [0.25, 0.3) is 0 Å². The molecule has 1 rings (SSSR count). The standard InChI is InChI=1S/C12H18O2/c1-3-11(9(2)12(13)14)10-7-5-4-6-8-10/h4-5,10H,3,6-8H2,1-2H3,(H,13,14). The number of allylic oxidation sites excluding steroid dienone is 3. The second-order valence-electron chi connectivity index (χ2n) is 3.79. The third-order valence-electron chi connectivity index (χ3n) is 2.95. The molecule has 0 aromatic heterocycles. The largest absolute Gasteiger partial charge is 0.478 e. The van der Waals surface area contributed by atoms with Crippen LogP contribution >= 0.6 is 0 Å². The van der Waals surface area contributed by atoms with Crippen LogP contribution in [0.1, 0.15) is 39.5 Å². The fraction of sp³-hybridized carbons (Fsp3) is 0.583. The summed E-state index contributed by atoms with van der Waals surface area (Å²) in [5, 5.41) is 8.94. The Balaban J connectivity index is 2.85. The summed E-state index contributed by atoms with van der Waals surface area (Å²) in [7, 11) is 0. The Morgan fingerprint density at radius 1 is 1.50 bits per heavy atom. The van der Waals surface area contributed by atoms with Crippen LogP contribution in [-0.4, -0.2) is 11.1 Å². The van der Waals surface area contributed by atoms with Gasteiger partial charge in [-0.05, 0) is 38.5 Å². The van der Waals surface area contributed by atoms with E-state index in [2.05, 4.69) is 12.2 Å². The van der Waals surface area contributed by atoms with Gasteiger partial charge >= 0.3 is 5.97 Å².